The molecule has 210 valence electrons. The Kier molecular flexibility index (Phi) is 7.34. The number of nitrogens with one attached hydrogen (secondary N) is 3. The van der Waals surface area contributed by atoms with Gasteiger partial charge in [0.05, 0.1) is 33.9 Å². The average Bonchev–Trinajstić information content (AvgIpc) is 3.35. The molecule has 10 heteroatoms. The second-order valence-electron chi connectivity index (χ2n) is 10.3. The lowest BCUT2D eigenvalue weighted by Gasteiger charge is -2.34. The number of aromatic nitrogens is 1. The molecule has 5 N–H and O–H groups in total. The van der Waals surface area contributed by atoms with Gasteiger partial charge in [-0.2, -0.15) is 0 Å². The van der Waals surface area contributed by atoms with Crippen molar-refractivity contribution in [1.29, 1.82) is 0 Å². The Morgan fingerprint density at radius 1 is 1.10 bits per heavy atom. The predicted molar refractivity (Wildman–Crippen MR) is 164 cm³/mol. The molecular formula is C31H32N6O3S. The largest absolute Gasteiger partial charge is 0.457 e. The fourth-order valence-electron chi connectivity index (χ4n) is 5.63. The van der Waals surface area contributed by atoms with Crippen molar-refractivity contribution in [3.63, 3.8) is 0 Å². The molecule has 2 aromatic heterocycles. The second kappa shape index (κ2) is 11.2. The maximum absolute atomic E-state index is 13.7. The summed E-state index contributed by atoms with van der Waals surface area (Å²) in [6.45, 7) is 6.25. The topological polar surface area (TPSA) is 122 Å². The van der Waals surface area contributed by atoms with Crippen LogP contribution in [0.2, 0.25) is 0 Å². The number of rotatable bonds is 8. The smallest absolute Gasteiger partial charge is 0.331 e. The van der Waals surface area contributed by atoms with Crippen LogP contribution >= 0.6 is 11.3 Å². The van der Waals surface area contributed by atoms with Crippen LogP contribution in [-0.2, 0) is 4.79 Å². The summed E-state index contributed by atoms with van der Waals surface area (Å²) < 4.78 is 6.00. The first kappa shape index (κ1) is 26.8. The molecule has 2 aliphatic rings. The van der Waals surface area contributed by atoms with E-state index in [-0.39, 0.29) is 30.6 Å². The highest BCUT2D eigenvalue weighted by Gasteiger charge is 2.33. The van der Waals surface area contributed by atoms with Crippen molar-refractivity contribution in [1.82, 2.24) is 15.6 Å². The van der Waals surface area contributed by atoms with Crippen molar-refractivity contribution in [2.75, 3.05) is 16.8 Å². The number of hydrogen-bond donors (Lipinski definition) is 4. The van der Waals surface area contributed by atoms with Gasteiger partial charge in [0.2, 0.25) is 5.91 Å². The molecule has 4 aromatic rings. The predicted octanol–water partition coefficient (Wildman–Crippen LogP) is 6.03. The summed E-state index contributed by atoms with van der Waals surface area (Å²) in [6.07, 6.45) is 5.62. The van der Waals surface area contributed by atoms with Crippen molar-refractivity contribution in [2.24, 2.45) is 5.73 Å². The lowest BCUT2D eigenvalue weighted by molar-refractivity contribution is -0.120. The minimum Gasteiger partial charge on any atom is -0.457 e. The van der Waals surface area contributed by atoms with Crippen LogP contribution in [0, 0.1) is 6.92 Å². The van der Waals surface area contributed by atoms with Crippen LogP contribution in [0.4, 0.5) is 21.9 Å². The number of benzene rings is 2. The summed E-state index contributed by atoms with van der Waals surface area (Å²) in [5, 5.41) is 10.6. The van der Waals surface area contributed by atoms with Gasteiger partial charge in [-0.3, -0.25) is 9.69 Å². The van der Waals surface area contributed by atoms with Gasteiger partial charge in [0.1, 0.15) is 16.3 Å². The van der Waals surface area contributed by atoms with Crippen molar-refractivity contribution in [2.45, 2.75) is 44.7 Å². The van der Waals surface area contributed by atoms with E-state index < -0.39 is 0 Å². The fourth-order valence-corrected chi connectivity index (χ4v) is 6.69. The van der Waals surface area contributed by atoms with Crippen LogP contribution in [0.25, 0.3) is 15.9 Å². The maximum atomic E-state index is 13.7. The lowest BCUT2D eigenvalue weighted by Crippen LogP contribution is -2.52. The first-order valence-electron chi connectivity index (χ1n) is 13.7. The van der Waals surface area contributed by atoms with Crippen LogP contribution in [-0.4, -0.2) is 35.6 Å². The first-order chi connectivity index (χ1) is 19.9. The summed E-state index contributed by atoms with van der Waals surface area (Å²) in [4.78, 5) is 33.6. The van der Waals surface area contributed by atoms with Gasteiger partial charge in [-0.1, -0.05) is 37.6 Å². The van der Waals surface area contributed by atoms with Crippen LogP contribution < -0.4 is 31.3 Å². The minimum absolute atomic E-state index is 0.0200. The summed E-state index contributed by atoms with van der Waals surface area (Å²) in [5.41, 5.74) is 9.34. The number of aryl methyl sites for hydroxylation is 1. The van der Waals surface area contributed by atoms with E-state index >= 15 is 0 Å². The zero-order valence-electron chi connectivity index (χ0n) is 22.8. The number of amides is 3. The number of carbonyl (C=O) groups is 2. The lowest BCUT2D eigenvalue weighted by atomic mass is 9.90. The van der Waals surface area contributed by atoms with Gasteiger partial charge >= 0.3 is 6.03 Å². The molecule has 0 saturated heterocycles. The van der Waals surface area contributed by atoms with Gasteiger partial charge in [-0.25, -0.2) is 9.78 Å². The monoisotopic (exact) mass is 568 g/mol. The van der Waals surface area contributed by atoms with Gasteiger partial charge < -0.3 is 26.4 Å². The molecule has 1 saturated carbocycles. The van der Waals surface area contributed by atoms with Crippen LogP contribution in [0.3, 0.4) is 0 Å². The van der Waals surface area contributed by atoms with Crippen LogP contribution in [0.5, 0.6) is 11.5 Å². The van der Waals surface area contributed by atoms with E-state index in [0.29, 0.717) is 17.1 Å². The summed E-state index contributed by atoms with van der Waals surface area (Å²) in [5.74, 6) is 1.28. The molecule has 2 atom stereocenters. The van der Waals surface area contributed by atoms with Gasteiger partial charge in [-0.15, -0.1) is 11.3 Å². The molecule has 2 aromatic carbocycles. The van der Waals surface area contributed by atoms with E-state index in [9.17, 15) is 9.59 Å². The molecule has 0 unspecified atom stereocenters. The molecule has 0 spiro atoms. The van der Waals surface area contributed by atoms with Crippen molar-refractivity contribution >= 4 is 56.3 Å². The van der Waals surface area contributed by atoms with Gasteiger partial charge in [0.25, 0.3) is 0 Å². The van der Waals surface area contributed by atoms with Crippen molar-refractivity contribution in [3.05, 3.63) is 77.8 Å². The fraction of sp³-hybridized carbons (Fsp3) is 0.258. The summed E-state index contributed by atoms with van der Waals surface area (Å²) in [6, 6.07) is 16.9. The highest BCUT2D eigenvalue weighted by Crippen LogP contribution is 2.48. The zero-order chi connectivity index (χ0) is 28.5. The molecule has 0 radical (unpaired) electrons. The number of nitrogens with zero attached hydrogens (tertiary/aromatic N) is 2. The Bertz CT molecular complexity index is 1640. The molecule has 1 fully saturated rings. The van der Waals surface area contributed by atoms with Crippen LogP contribution in [0.1, 0.15) is 36.1 Å². The summed E-state index contributed by atoms with van der Waals surface area (Å²) in [7, 11) is 0. The highest BCUT2D eigenvalue weighted by molar-refractivity contribution is 7.20. The molecule has 41 heavy (non-hydrogen) atoms. The maximum Gasteiger partial charge on any atom is 0.331 e. The standard InChI is InChI=1S/C31H32N6O3S/c1-18-16-21(40-20-8-4-3-5-9-20)12-13-24(18)37-25-14-15-33-30-27(25)28(36-31(37)39)29(41-30)19(2)34-22-10-6-7-11-23(22)35-26(38)17-32/h3-5,8-9,12-16,22-23,34H,2,6-7,10-11,17,32H2,1H3,(H,35,38)(H,36,39)/t22-,23+/m1/s1. The zero-order valence-corrected chi connectivity index (χ0v) is 23.6. The van der Waals surface area contributed by atoms with Gasteiger partial charge in [0, 0.05) is 24.0 Å². The van der Waals surface area contributed by atoms with E-state index in [0.717, 1.165) is 63.5 Å². The Morgan fingerprint density at radius 2 is 1.85 bits per heavy atom. The number of anilines is 3. The number of nitrogens with two attached hydrogens (primary N) is 1. The average molecular weight is 569 g/mol. The highest BCUT2D eigenvalue weighted by atomic mass is 32.1. The SMILES string of the molecule is C=C(N[C@@H]1CCCC[C@@H]1NC(=O)CN)c1sc2nccc3c2c1NC(=O)N3c1ccc(Oc2ccccc2)cc1C. The molecular weight excluding hydrogens is 536 g/mol. The number of para-hydroxylation sites is 1. The number of urea groups is 1. The molecule has 3 heterocycles. The van der Waals surface area contributed by atoms with Crippen molar-refractivity contribution in [3.8, 4) is 11.5 Å². The molecule has 1 aliphatic heterocycles. The molecule has 6 rings (SSSR count). The number of hydrogen-bond acceptors (Lipinski definition) is 7. The Labute approximate surface area is 242 Å². The Balaban J connectivity index is 1.30. The van der Waals surface area contributed by atoms with Gasteiger partial charge in [0.15, 0.2) is 0 Å². The third kappa shape index (κ3) is 5.23. The van der Waals surface area contributed by atoms with E-state index in [4.69, 9.17) is 10.5 Å². The third-order valence-corrected chi connectivity index (χ3v) is 8.72. The van der Waals surface area contributed by atoms with Crippen LogP contribution in [0.15, 0.2) is 67.4 Å². The molecule has 9 nitrogen and oxygen atoms in total. The van der Waals surface area contributed by atoms with E-state index in [1.807, 2.05) is 61.5 Å². The van der Waals surface area contributed by atoms with E-state index in [1.165, 1.54) is 11.3 Å². The van der Waals surface area contributed by atoms with E-state index in [2.05, 4.69) is 27.5 Å². The van der Waals surface area contributed by atoms with E-state index in [1.54, 1.807) is 11.1 Å². The second-order valence-corrected chi connectivity index (χ2v) is 11.3. The number of ether oxygens (including phenoxy) is 1. The molecule has 1 aliphatic carbocycles. The third-order valence-electron chi connectivity index (χ3n) is 7.57. The number of thiophene rings is 1. The van der Waals surface area contributed by atoms with Crippen molar-refractivity contribution < 1.29 is 14.3 Å². The Morgan fingerprint density at radius 3 is 2.59 bits per heavy atom. The molecule has 3 amide bonds. The minimum atomic E-state index is -0.261. The number of pyridine rings is 1. The Hall–Kier alpha value is -4.41. The molecule has 0 bridgehead atoms. The summed E-state index contributed by atoms with van der Waals surface area (Å²) >= 11 is 1.48. The quantitative estimate of drug-likeness (QED) is 0.206. The van der Waals surface area contributed by atoms with Gasteiger partial charge in [-0.05, 0) is 61.7 Å². The number of carbonyl (C=O) groups excluding carboxylic acids is 2. The first-order valence-corrected chi connectivity index (χ1v) is 14.6. The normalized spacial score (nSPS) is 18.1.